The zero-order valence-corrected chi connectivity index (χ0v) is 19.8. The molecule has 2 atom stereocenters. The van der Waals surface area contributed by atoms with Crippen LogP contribution < -0.4 is 27.2 Å². The van der Waals surface area contributed by atoms with Crippen molar-refractivity contribution in [1.82, 2.24) is 19.5 Å². The molecule has 2 saturated heterocycles. The Morgan fingerprint density at radius 2 is 2.00 bits per heavy atom. The van der Waals surface area contributed by atoms with Gasteiger partial charge in [0.05, 0.1) is 23.1 Å². The Bertz CT molecular complexity index is 1210. The molecule has 0 saturated carbocycles. The molecule has 10 heteroatoms. The van der Waals surface area contributed by atoms with E-state index in [4.69, 9.17) is 21.7 Å². The molecule has 1 aromatic carbocycles. The van der Waals surface area contributed by atoms with Gasteiger partial charge in [-0.1, -0.05) is 0 Å². The van der Waals surface area contributed by atoms with Gasteiger partial charge in [-0.3, -0.25) is 10.6 Å². The molecule has 0 bridgehead atoms. The van der Waals surface area contributed by atoms with Gasteiger partial charge in [-0.25, -0.2) is 9.50 Å². The summed E-state index contributed by atoms with van der Waals surface area (Å²) in [6.07, 6.45) is 5.91. The lowest BCUT2D eigenvalue weighted by Crippen LogP contribution is -2.38. The van der Waals surface area contributed by atoms with Crippen molar-refractivity contribution in [1.29, 1.82) is 0 Å². The number of aromatic nitrogens is 3. The third-order valence-corrected chi connectivity index (χ3v) is 6.94. The summed E-state index contributed by atoms with van der Waals surface area (Å²) < 4.78 is 1.83. The highest BCUT2D eigenvalue weighted by atomic mass is 16.2. The minimum absolute atomic E-state index is 0.0169. The van der Waals surface area contributed by atoms with Gasteiger partial charge in [0.25, 0.3) is 5.91 Å². The molecule has 2 fully saturated rings. The van der Waals surface area contributed by atoms with Crippen molar-refractivity contribution in [3.05, 3.63) is 47.3 Å². The van der Waals surface area contributed by atoms with Crippen molar-refractivity contribution in [2.75, 3.05) is 42.3 Å². The Morgan fingerprint density at radius 3 is 2.74 bits per heavy atom. The first-order valence-corrected chi connectivity index (χ1v) is 12.0. The highest BCUT2D eigenvalue weighted by molar-refractivity contribution is 5.96. The van der Waals surface area contributed by atoms with Gasteiger partial charge in [-0.15, -0.1) is 0 Å². The van der Waals surface area contributed by atoms with Gasteiger partial charge in [0, 0.05) is 56.1 Å². The van der Waals surface area contributed by atoms with Gasteiger partial charge >= 0.3 is 0 Å². The second kappa shape index (κ2) is 9.11. The number of carbonyl (C=O) groups excluding carboxylic acids is 1. The van der Waals surface area contributed by atoms with Gasteiger partial charge < -0.3 is 26.3 Å². The van der Waals surface area contributed by atoms with Gasteiger partial charge in [0.2, 0.25) is 0 Å². The molecule has 0 aliphatic carbocycles. The number of nitrogens with two attached hydrogens (primary N) is 2. The Kier molecular flexibility index (Phi) is 6.01. The quantitative estimate of drug-likeness (QED) is 0.335. The number of rotatable bonds is 5. The van der Waals surface area contributed by atoms with Crippen LogP contribution in [0, 0.1) is 6.92 Å². The van der Waals surface area contributed by atoms with Crippen LogP contribution in [0.4, 0.5) is 17.2 Å². The van der Waals surface area contributed by atoms with E-state index >= 15 is 0 Å². The standard InChI is InChI=1S/C24H33N9O/c1-15-13-33-22(28-23(15)31-10-8-17(25)14-31)12-20(30-33)21-5-3-4-9-32(21)24(34)16-6-7-18(27-2)19(11-16)29-26/h6-7,11-13,17,21,27,29H,3-5,8-10,14,25-26H2,1-2H3/t17-,21-/m0/s1. The summed E-state index contributed by atoms with van der Waals surface area (Å²) in [6, 6.07) is 7.61. The predicted octanol–water partition coefficient (Wildman–Crippen LogP) is 2.27. The number of amides is 1. The second-order valence-corrected chi connectivity index (χ2v) is 9.28. The Morgan fingerprint density at radius 1 is 1.15 bits per heavy atom. The molecule has 34 heavy (non-hydrogen) atoms. The number of fused-ring (bicyclic) bond motifs is 1. The third kappa shape index (κ3) is 4.03. The highest BCUT2D eigenvalue weighted by Crippen LogP contribution is 2.33. The molecule has 4 heterocycles. The number of aryl methyl sites for hydroxylation is 1. The minimum Gasteiger partial charge on any atom is -0.386 e. The number of hydrogen-bond donors (Lipinski definition) is 4. The second-order valence-electron chi connectivity index (χ2n) is 9.28. The number of anilines is 3. The summed E-state index contributed by atoms with van der Waals surface area (Å²) in [5, 5.41) is 7.92. The van der Waals surface area contributed by atoms with E-state index in [0.29, 0.717) is 17.8 Å². The van der Waals surface area contributed by atoms with Crippen LogP contribution >= 0.6 is 0 Å². The van der Waals surface area contributed by atoms with Crippen molar-refractivity contribution < 1.29 is 4.79 Å². The molecular weight excluding hydrogens is 430 g/mol. The fraction of sp³-hybridized carbons (Fsp3) is 0.458. The number of nitrogen functional groups attached to an aromatic ring is 1. The maximum Gasteiger partial charge on any atom is 0.254 e. The van der Waals surface area contributed by atoms with Crippen molar-refractivity contribution in [2.24, 2.45) is 11.6 Å². The number of carbonyl (C=O) groups is 1. The van der Waals surface area contributed by atoms with E-state index in [0.717, 1.165) is 67.2 Å². The topological polar surface area (TPSA) is 130 Å². The van der Waals surface area contributed by atoms with E-state index < -0.39 is 0 Å². The fourth-order valence-electron chi connectivity index (χ4n) is 5.14. The number of hydrogen-bond acceptors (Lipinski definition) is 8. The molecule has 0 spiro atoms. The number of benzene rings is 1. The molecule has 5 rings (SSSR count). The Hall–Kier alpha value is -3.37. The number of likely N-dealkylation sites (tertiary alicyclic amines) is 1. The highest BCUT2D eigenvalue weighted by Gasteiger charge is 2.31. The molecule has 2 aliphatic heterocycles. The first-order valence-electron chi connectivity index (χ1n) is 12.0. The maximum absolute atomic E-state index is 13.5. The van der Waals surface area contributed by atoms with Gasteiger partial charge in [-0.2, -0.15) is 5.10 Å². The molecule has 3 aromatic rings. The number of piperidine rings is 1. The van der Waals surface area contributed by atoms with Crippen LogP contribution in [-0.2, 0) is 0 Å². The van der Waals surface area contributed by atoms with Crippen LogP contribution in [0.3, 0.4) is 0 Å². The van der Waals surface area contributed by atoms with Crippen molar-refractivity contribution in [3.63, 3.8) is 0 Å². The lowest BCUT2D eigenvalue weighted by atomic mass is 9.98. The summed E-state index contributed by atoms with van der Waals surface area (Å²) in [7, 11) is 1.82. The average molecular weight is 464 g/mol. The van der Waals surface area contributed by atoms with Crippen LogP contribution in [0.2, 0.25) is 0 Å². The summed E-state index contributed by atoms with van der Waals surface area (Å²) in [6.45, 7) is 4.49. The van der Waals surface area contributed by atoms with Crippen LogP contribution in [0.25, 0.3) is 5.65 Å². The van der Waals surface area contributed by atoms with Crippen LogP contribution in [0.5, 0.6) is 0 Å². The molecular formula is C24H33N9O. The average Bonchev–Trinajstić information content (AvgIpc) is 3.48. The van der Waals surface area contributed by atoms with Crippen LogP contribution in [-0.4, -0.2) is 58.1 Å². The molecule has 2 aromatic heterocycles. The number of hydrazine groups is 1. The maximum atomic E-state index is 13.5. The zero-order valence-electron chi connectivity index (χ0n) is 19.8. The summed E-state index contributed by atoms with van der Waals surface area (Å²) in [5.41, 5.74) is 13.6. The molecule has 2 aliphatic rings. The number of nitrogens with zero attached hydrogens (tertiary/aromatic N) is 5. The van der Waals surface area contributed by atoms with Crippen LogP contribution in [0.15, 0.2) is 30.5 Å². The molecule has 10 nitrogen and oxygen atoms in total. The summed E-state index contributed by atoms with van der Waals surface area (Å²) in [5.74, 6) is 6.62. The van der Waals surface area contributed by atoms with Crippen molar-refractivity contribution in [2.45, 2.75) is 44.7 Å². The summed E-state index contributed by atoms with van der Waals surface area (Å²) >= 11 is 0. The summed E-state index contributed by atoms with van der Waals surface area (Å²) in [4.78, 5) is 22.7. The van der Waals surface area contributed by atoms with Crippen molar-refractivity contribution in [3.8, 4) is 0 Å². The first kappa shape index (κ1) is 22.4. The normalized spacial score (nSPS) is 20.7. The molecule has 6 N–H and O–H groups in total. The predicted molar refractivity (Wildman–Crippen MR) is 134 cm³/mol. The van der Waals surface area contributed by atoms with Gasteiger partial charge in [0.1, 0.15) is 5.82 Å². The monoisotopic (exact) mass is 463 g/mol. The third-order valence-electron chi connectivity index (χ3n) is 6.94. The largest absolute Gasteiger partial charge is 0.386 e. The molecule has 0 unspecified atom stereocenters. The van der Waals surface area contributed by atoms with E-state index in [9.17, 15) is 4.79 Å². The van der Waals surface area contributed by atoms with E-state index in [2.05, 4.69) is 22.6 Å². The molecule has 0 radical (unpaired) electrons. The van der Waals surface area contributed by atoms with Crippen LogP contribution in [0.1, 0.15) is 53.3 Å². The SMILES string of the molecule is CNc1ccc(C(=O)N2CCCC[C@H]2c2cc3nc(N4CC[C@H](N)C4)c(C)cn3n2)cc1NN. The lowest BCUT2D eigenvalue weighted by molar-refractivity contribution is 0.0606. The van der Waals surface area contributed by atoms with Gasteiger partial charge in [-0.05, 0) is 50.8 Å². The molecule has 180 valence electrons. The first-order chi connectivity index (χ1) is 16.5. The van der Waals surface area contributed by atoms with Gasteiger partial charge in [0.15, 0.2) is 5.65 Å². The minimum atomic E-state index is -0.0924. The number of nitrogens with one attached hydrogen (secondary N) is 2. The fourth-order valence-corrected chi connectivity index (χ4v) is 5.14. The van der Waals surface area contributed by atoms with E-state index in [1.165, 1.54) is 0 Å². The zero-order chi connectivity index (χ0) is 23.8. The Labute approximate surface area is 199 Å². The van der Waals surface area contributed by atoms with E-state index in [-0.39, 0.29) is 18.0 Å². The van der Waals surface area contributed by atoms with Crippen molar-refractivity contribution >= 4 is 28.7 Å². The smallest absolute Gasteiger partial charge is 0.254 e. The molecule has 1 amide bonds. The van der Waals surface area contributed by atoms with E-state index in [1.807, 2.05) is 40.9 Å². The lowest BCUT2D eigenvalue weighted by Gasteiger charge is -2.35. The van der Waals surface area contributed by atoms with E-state index in [1.54, 1.807) is 6.07 Å². The Balaban J connectivity index is 1.45.